The fourth-order valence-corrected chi connectivity index (χ4v) is 3.59. The van der Waals surface area contributed by atoms with Crippen molar-refractivity contribution in [3.63, 3.8) is 0 Å². The maximum Gasteiger partial charge on any atom is 0.277 e. The zero-order chi connectivity index (χ0) is 17.8. The summed E-state index contributed by atoms with van der Waals surface area (Å²) in [5.41, 5.74) is 1.14. The minimum absolute atomic E-state index is 0.129. The number of hydrogen-bond acceptors (Lipinski definition) is 6. The molecule has 1 aromatic carbocycles. The maximum atomic E-state index is 12.4. The van der Waals surface area contributed by atoms with Crippen LogP contribution in [0.25, 0.3) is 0 Å². The second-order valence-corrected chi connectivity index (χ2v) is 7.61. The highest BCUT2D eigenvalue weighted by Gasteiger charge is 2.16. The molecule has 0 spiro atoms. The van der Waals surface area contributed by atoms with Gasteiger partial charge in [-0.1, -0.05) is 53.2 Å². The van der Waals surface area contributed by atoms with Gasteiger partial charge in [-0.25, -0.2) is 15.0 Å². The Morgan fingerprint density at radius 2 is 2.00 bits per heavy atom. The van der Waals surface area contributed by atoms with Gasteiger partial charge in [0.1, 0.15) is 0 Å². The zero-order valence-electron chi connectivity index (χ0n) is 13.0. The van der Waals surface area contributed by atoms with E-state index < -0.39 is 5.91 Å². The van der Waals surface area contributed by atoms with Gasteiger partial charge in [-0.2, -0.15) is 0 Å². The second-order valence-electron chi connectivity index (χ2n) is 4.91. The van der Waals surface area contributed by atoms with Crippen molar-refractivity contribution in [1.82, 2.24) is 15.0 Å². The second kappa shape index (κ2) is 8.14. The molecule has 0 bridgehead atoms. The Balaban J connectivity index is 1.73. The number of aromatic nitrogens is 3. The van der Waals surface area contributed by atoms with Gasteiger partial charge in [0, 0.05) is 22.5 Å². The first-order valence-electron chi connectivity index (χ1n) is 7.13. The van der Waals surface area contributed by atoms with Gasteiger partial charge in [0.25, 0.3) is 5.91 Å². The van der Waals surface area contributed by atoms with E-state index in [2.05, 4.69) is 20.3 Å². The maximum absolute atomic E-state index is 12.4. The molecule has 0 aliphatic rings. The van der Waals surface area contributed by atoms with Crippen LogP contribution in [0.2, 0.25) is 10.0 Å². The summed E-state index contributed by atoms with van der Waals surface area (Å²) >= 11 is 14.9. The van der Waals surface area contributed by atoms with E-state index in [0.717, 1.165) is 10.4 Å². The lowest BCUT2D eigenvalue weighted by molar-refractivity contribution is 0.102. The molecule has 2 aromatic heterocycles. The minimum atomic E-state index is -0.415. The Hall–Kier alpha value is -1.67. The predicted octanol–water partition coefficient (Wildman–Crippen LogP) is 4.80. The molecule has 2 heterocycles. The summed E-state index contributed by atoms with van der Waals surface area (Å²) in [4.78, 5) is 25.8. The van der Waals surface area contributed by atoms with Crippen LogP contribution in [0, 0.1) is 0 Å². The molecule has 9 heteroatoms. The first kappa shape index (κ1) is 18.1. The topological polar surface area (TPSA) is 67.8 Å². The summed E-state index contributed by atoms with van der Waals surface area (Å²) in [6, 6.07) is 7.63. The van der Waals surface area contributed by atoms with E-state index in [1.807, 2.05) is 30.5 Å². The molecular weight excluding hydrogens is 399 g/mol. The number of hydrogen-bond donors (Lipinski definition) is 1. The summed E-state index contributed by atoms with van der Waals surface area (Å²) in [5, 5.41) is 4.59. The lowest BCUT2D eigenvalue weighted by Gasteiger charge is -2.04. The number of carbonyl (C=O) groups is 1. The van der Waals surface area contributed by atoms with Gasteiger partial charge in [0.2, 0.25) is 0 Å². The normalized spacial score (nSPS) is 10.7. The molecule has 0 fully saturated rings. The third-order valence-electron chi connectivity index (χ3n) is 3.22. The van der Waals surface area contributed by atoms with E-state index in [0.29, 0.717) is 21.7 Å². The number of thioether (sulfide) groups is 1. The van der Waals surface area contributed by atoms with Crippen molar-refractivity contribution in [2.75, 3.05) is 11.6 Å². The third-order valence-corrected chi connectivity index (χ3v) is 5.34. The molecule has 3 aromatic rings. The number of thiazole rings is 1. The van der Waals surface area contributed by atoms with Crippen LogP contribution < -0.4 is 5.32 Å². The van der Waals surface area contributed by atoms with Gasteiger partial charge in [-0.15, -0.1) is 11.3 Å². The van der Waals surface area contributed by atoms with Gasteiger partial charge in [0.05, 0.1) is 11.2 Å². The van der Waals surface area contributed by atoms with E-state index in [1.54, 1.807) is 6.20 Å². The van der Waals surface area contributed by atoms with E-state index >= 15 is 0 Å². The predicted molar refractivity (Wildman–Crippen MR) is 103 cm³/mol. The Kier molecular flexibility index (Phi) is 5.90. The van der Waals surface area contributed by atoms with Crippen LogP contribution in [-0.4, -0.2) is 27.1 Å². The molecule has 0 saturated heterocycles. The summed E-state index contributed by atoms with van der Waals surface area (Å²) in [5.74, 6) is -0.415. The quantitative estimate of drug-likeness (QED) is 0.482. The van der Waals surface area contributed by atoms with Gasteiger partial charge < -0.3 is 0 Å². The van der Waals surface area contributed by atoms with Crippen LogP contribution in [0.1, 0.15) is 20.9 Å². The molecule has 0 unspecified atom stereocenters. The molecule has 0 saturated carbocycles. The summed E-state index contributed by atoms with van der Waals surface area (Å²) in [6.07, 6.45) is 5.61. The van der Waals surface area contributed by atoms with E-state index in [9.17, 15) is 4.79 Å². The average Bonchev–Trinajstić information content (AvgIpc) is 3.04. The number of rotatable bonds is 5. The number of benzene rings is 1. The van der Waals surface area contributed by atoms with Crippen molar-refractivity contribution in [1.29, 1.82) is 0 Å². The molecule has 1 amide bonds. The Labute approximate surface area is 162 Å². The summed E-state index contributed by atoms with van der Waals surface area (Å²) in [6.45, 7) is 0. The van der Waals surface area contributed by atoms with Gasteiger partial charge in [-0.3, -0.25) is 10.1 Å². The SMILES string of the molecule is CSc1ncc(Cl)c(C(=O)Nc2ncc(Cc3ccccc3Cl)s2)n1. The highest BCUT2D eigenvalue weighted by atomic mass is 35.5. The number of nitrogens with one attached hydrogen (secondary N) is 1. The first-order valence-corrected chi connectivity index (χ1v) is 9.92. The van der Waals surface area contributed by atoms with Crippen LogP contribution in [-0.2, 0) is 6.42 Å². The molecule has 5 nitrogen and oxygen atoms in total. The minimum Gasteiger partial charge on any atom is -0.296 e. The fourth-order valence-electron chi connectivity index (χ4n) is 2.04. The average molecular weight is 411 g/mol. The molecule has 0 atom stereocenters. The third kappa shape index (κ3) is 4.49. The Morgan fingerprint density at radius 1 is 1.20 bits per heavy atom. The monoisotopic (exact) mass is 410 g/mol. The van der Waals surface area contributed by atoms with E-state index in [4.69, 9.17) is 23.2 Å². The van der Waals surface area contributed by atoms with Crippen LogP contribution in [0.3, 0.4) is 0 Å². The van der Waals surface area contributed by atoms with Crippen LogP contribution in [0.5, 0.6) is 0 Å². The molecule has 3 rings (SSSR count). The highest BCUT2D eigenvalue weighted by molar-refractivity contribution is 7.98. The molecule has 128 valence electrons. The molecule has 25 heavy (non-hydrogen) atoms. The van der Waals surface area contributed by atoms with Crippen molar-refractivity contribution < 1.29 is 4.79 Å². The molecule has 1 N–H and O–H groups in total. The molecule has 0 aliphatic carbocycles. The van der Waals surface area contributed by atoms with Crippen molar-refractivity contribution in [3.05, 3.63) is 62.8 Å². The van der Waals surface area contributed by atoms with E-state index in [-0.39, 0.29) is 10.7 Å². The summed E-state index contributed by atoms with van der Waals surface area (Å²) in [7, 11) is 0. The van der Waals surface area contributed by atoms with Crippen molar-refractivity contribution in [2.45, 2.75) is 11.6 Å². The lowest BCUT2D eigenvalue weighted by Crippen LogP contribution is -2.15. The Bertz CT molecular complexity index is 917. The van der Waals surface area contributed by atoms with Crippen molar-refractivity contribution >= 4 is 57.3 Å². The van der Waals surface area contributed by atoms with Crippen LogP contribution >= 0.6 is 46.3 Å². The van der Waals surface area contributed by atoms with E-state index in [1.165, 1.54) is 29.3 Å². The smallest absolute Gasteiger partial charge is 0.277 e. The number of carbonyl (C=O) groups excluding carboxylic acids is 1. The van der Waals surface area contributed by atoms with Gasteiger partial charge in [0.15, 0.2) is 16.0 Å². The van der Waals surface area contributed by atoms with Crippen molar-refractivity contribution in [3.8, 4) is 0 Å². The first-order chi connectivity index (χ1) is 12.1. The number of nitrogens with zero attached hydrogens (tertiary/aromatic N) is 3. The Morgan fingerprint density at radius 3 is 2.76 bits per heavy atom. The highest BCUT2D eigenvalue weighted by Crippen LogP contribution is 2.25. The van der Waals surface area contributed by atoms with Crippen molar-refractivity contribution in [2.24, 2.45) is 0 Å². The fraction of sp³-hybridized carbons (Fsp3) is 0.125. The molecular formula is C16H12Cl2N4OS2. The molecule has 0 radical (unpaired) electrons. The standard InChI is InChI=1S/C16H12Cl2N4OS2/c1-24-15-20-8-12(18)13(21-15)14(23)22-16-19-7-10(25-16)6-9-4-2-3-5-11(9)17/h2-5,7-8H,6H2,1H3,(H,19,22,23). The van der Waals surface area contributed by atoms with Gasteiger partial charge in [-0.05, 0) is 17.9 Å². The zero-order valence-corrected chi connectivity index (χ0v) is 16.1. The number of halogens is 2. The number of anilines is 1. The van der Waals surface area contributed by atoms with Gasteiger partial charge >= 0.3 is 0 Å². The van der Waals surface area contributed by atoms with Crippen LogP contribution in [0.4, 0.5) is 5.13 Å². The molecule has 0 aliphatic heterocycles. The number of amides is 1. The largest absolute Gasteiger partial charge is 0.296 e. The lowest BCUT2D eigenvalue weighted by atomic mass is 10.1. The van der Waals surface area contributed by atoms with Crippen LogP contribution in [0.15, 0.2) is 41.8 Å². The summed E-state index contributed by atoms with van der Waals surface area (Å²) < 4.78 is 0.